The van der Waals surface area contributed by atoms with Crippen molar-refractivity contribution in [3.8, 4) is 11.5 Å². The zero-order valence-corrected chi connectivity index (χ0v) is 12.0. The van der Waals surface area contributed by atoms with E-state index in [0.717, 1.165) is 5.56 Å². The third-order valence-corrected chi connectivity index (χ3v) is 3.79. The van der Waals surface area contributed by atoms with E-state index in [0.29, 0.717) is 17.9 Å². The molecule has 0 aliphatic carbocycles. The van der Waals surface area contributed by atoms with Crippen LogP contribution in [0.5, 0.6) is 11.5 Å². The van der Waals surface area contributed by atoms with E-state index in [1.165, 1.54) is 0 Å². The molecular weight excluding hydrogens is 268 g/mol. The maximum absolute atomic E-state index is 10.8. The van der Waals surface area contributed by atoms with Crippen molar-refractivity contribution < 1.29 is 22.4 Å². The maximum atomic E-state index is 10.8. The van der Waals surface area contributed by atoms with Crippen LogP contribution >= 0.6 is 0 Å². The summed E-state index contributed by atoms with van der Waals surface area (Å²) in [4.78, 5) is 0. The average Bonchev–Trinajstić information content (AvgIpc) is 2.47. The molecule has 1 aromatic carbocycles. The van der Waals surface area contributed by atoms with Crippen LogP contribution in [0.1, 0.15) is 26.3 Å². The van der Waals surface area contributed by atoms with Crippen molar-refractivity contribution in [1.29, 1.82) is 0 Å². The van der Waals surface area contributed by atoms with E-state index < -0.39 is 15.9 Å². The summed E-state index contributed by atoms with van der Waals surface area (Å²) in [5.41, 5.74) is 0.955. The molecule has 6 heteroatoms. The lowest BCUT2D eigenvalue weighted by molar-refractivity contribution is -0.0431. The summed E-state index contributed by atoms with van der Waals surface area (Å²) in [6, 6.07) is 5.55. The molecule has 2 rings (SSSR count). The zero-order chi connectivity index (χ0) is 14.3. The molecule has 0 amide bonds. The third kappa shape index (κ3) is 3.84. The monoisotopic (exact) mass is 286 g/mol. The summed E-state index contributed by atoms with van der Waals surface area (Å²) in [5, 5.41) is 0. The van der Waals surface area contributed by atoms with E-state index in [1.807, 2.05) is 32.0 Å². The van der Waals surface area contributed by atoms with Crippen LogP contribution in [-0.2, 0) is 16.5 Å². The highest BCUT2D eigenvalue weighted by atomic mass is 32.2. The first-order valence-corrected chi connectivity index (χ1v) is 7.72. The van der Waals surface area contributed by atoms with Gasteiger partial charge in [-0.15, -0.1) is 0 Å². The van der Waals surface area contributed by atoms with Crippen molar-refractivity contribution >= 4 is 10.1 Å². The van der Waals surface area contributed by atoms with E-state index in [1.54, 1.807) is 6.92 Å². The van der Waals surface area contributed by atoms with Gasteiger partial charge in [0.05, 0.1) is 5.75 Å². The fourth-order valence-corrected chi connectivity index (χ4v) is 3.05. The molecule has 1 aliphatic heterocycles. The van der Waals surface area contributed by atoms with Gasteiger partial charge in [-0.2, -0.15) is 8.42 Å². The Balaban J connectivity index is 2.08. The molecule has 0 saturated carbocycles. The second-order valence-corrected chi connectivity index (χ2v) is 6.94. The molecular formula is C13H18O5S. The summed E-state index contributed by atoms with van der Waals surface area (Å²) in [7, 11) is -3.93. The SMILES string of the molecule is C[C@@H](Cc1ccc2c(c1)OC(C)(C)O2)CS(=O)(=O)O. The molecule has 5 nitrogen and oxygen atoms in total. The van der Waals surface area contributed by atoms with Crippen molar-refractivity contribution in [1.82, 2.24) is 0 Å². The van der Waals surface area contributed by atoms with E-state index >= 15 is 0 Å². The Morgan fingerprint density at radius 3 is 2.53 bits per heavy atom. The fourth-order valence-electron chi connectivity index (χ4n) is 2.21. The van der Waals surface area contributed by atoms with Gasteiger partial charge in [-0.3, -0.25) is 4.55 Å². The summed E-state index contributed by atoms with van der Waals surface area (Å²) >= 11 is 0. The van der Waals surface area contributed by atoms with Crippen molar-refractivity contribution in [2.45, 2.75) is 33.0 Å². The molecule has 106 valence electrons. The average molecular weight is 286 g/mol. The molecule has 0 unspecified atom stereocenters. The summed E-state index contributed by atoms with van der Waals surface area (Å²) in [6.07, 6.45) is 0.552. The van der Waals surface area contributed by atoms with E-state index in [9.17, 15) is 8.42 Å². The Morgan fingerprint density at radius 1 is 1.26 bits per heavy atom. The van der Waals surface area contributed by atoms with Crippen LogP contribution in [0.15, 0.2) is 18.2 Å². The lowest BCUT2D eigenvalue weighted by Gasteiger charge is -2.16. The first-order chi connectivity index (χ1) is 8.65. The van der Waals surface area contributed by atoms with Gasteiger partial charge in [-0.25, -0.2) is 0 Å². The molecule has 1 aliphatic rings. The molecule has 1 heterocycles. The van der Waals surface area contributed by atoms with Crippen LogP contribution in [0.25, 0.3) is 0 Å². The van der Waals surface area contributed by atoms with Gasteiger partial charge in [0.1, 0.15) is 0 Å². The maximum Gasteiger partial charge on any atom is 0.265 e. The predicted molar refractivity (Wildman–Crippen MR) is 71.1 cm³/mol. The van der Waals surface area contributed by atoms with Gasteiger partial charge in [-0.1, -0.05) is 13.0 Å². The fraction of sp³-hybridized carbons (Fsp3) is 0.538. The molecule has 0 saturated heterocycles. The second kappa shape index (κ2) is 4.68. The van der Waals surface area contributed by atoms with Gasteiger partial charge in [0.2, 0.25) is 5.79 Å². The first kappa shape index (κ1) is 14.1. The Morgan fingerprint density at radius 2 is 1.89 bits per heavy atom. The second-order valence-electron chi connectivity index (χ2n) is 5.44. The minimum Gasteiger partial charge on any atom is -0.449 e. The number of benzene rings is 1. The molecule has 0 fully saturated rings. The minimum absolute atomic E-state index is 0.164. The van der Waals surface area contributed by atoms with Crippen LogP contribution in [0.3, 0.4) is 0 Å². The van der Waals surface area contributed by atoms with Crippen molar-refractivity contribution in [3.63, 3.8) is 0 Å². The van der Waals surface area contributed by atoms with Crippen LogP contribution in [0.4, 0.5) is 0 Å². The van der Waals surface area contributed by atoms with Crippen LogP contribution in [-0.4, -0.2) is 24.5 Å². The Hall–Kier alpha value is -1.27. The summed E-state index contributed by atoms with van der Waals surface area (Å²) in [5.74, 6) is 0.287. The quantitative estimate of drug-likeness (QED) is 0.859. The molecule has 0 radical (unpaired) electrons. The highest BCUT2D eigenvalue weighted by molar-refractivity contribution is 7.85. The zero-order valence-electron chi connectivity index (χ0n) is 11.2. The van der Waals surface area contributed by atoms with Gasteiger partial charge < -0.3 is 9.47 Å². The van der Waals surface area contributed by atoms with E-state index in [-0.39, 0.29) is 11.7 Å². The largest absolute Gasteiger partial charge is 0.449 e. The summed E-state index contributed by atoms with van der Waals surface area (Å²) < 4.78 is 41.7. The third-order valence-electron chi connectivity index (χ3n) is 2.80. The Bertz CT molecular complexity index is 577. The number of fused-ring (bicyclic) bond motifs is 1. The van der Waals surface area contributed by atoms with Gasteiger partial charge in [0.15, 0.2) is 11.5 Å². The smallest absolute Gasteiger partial charge is 0.265 e. The van der Waals surface area contributed by atoms with Gasteiger partial charge in [0.25, 0.3) is 10.1 Å². The lowest BCUT2D eigenvalue weighted by atomic mass is 10.0. The standard InChI is InChI=1S/C13H18O5S/c1-9(8-19(14,15)16)6-10-4-5-11-12(7-10)18-13(2,3)17-11/h4-5,7,9H,6,8H2,1-3H3,(H,14,15,16)/t9-/m0/s1. The number of ether oxygens (including phenoxy) is 2. The Labute approximate surface area is 113 Å². The Kier molecular flexibility index (Phi) is 3.49. The molecule has 0 aromatic heterocycles. The molecule has 1 aromatic rings. The van der Waals surface area contributed by atoms with Gasteiger partial charge in [0, 0.05) is 13.8 Å². The molecule has 1 N–H and O–H groups in total. The van der Waals surface area contributed by atoms with E-state index in [2.05, 4.69) is 0 Å². The topological polar surface area (TPSA) is 72.8 Å². The molecule has 1 atom stereocenters. The minimum atomic E-state index is -3.93. The van der Waals surface area contributed by atoms with Crippen molar-refractivity contribution in [2.75, 3.05) is 5.75 Å². The number of hydrogen-bond acceptors (Lipinski definition) is 4. The lowest BCUT2D eigenvalue weighted by Crippen LogP contribution is -2.29. The van der Waals surface area contributed by atoms with Crippen LogP contribution < -0.4 is 9.47 Å². The summed E-state index contributed by atoms with van der Waals surface area (Å²) in [6.45, 7) is 5.43. The first-order valence-electron chi connectivity index (χ1n) is 6.11. The van der Waals surface area contributed by atoms with E-state index in [4.69, 9.17) is 14.0 Å². The van der Waals surface area contributed by atoms with Crippen molar-refractivity contribution in [2.24, 2.45) is 5.92 Å². The van der Waals surface area contributed by atoms with Crippen LogP contribution in [0, 0.1) is 5.92 Å². The molecule has 19 heavy (non-hydrogen) atoms. The number of rotatable bonds is 4. The highest BCUT2D eigenvalue weighted by Crippen LogP contribution is 2.39. The molecule has 0 bridgehead atoms. The predicted octanol–water partition coefficient (Wildman–Crippen LogP) is 2.26. The van der Waals surface area contributed by atoms with Crippen molar-refractivity contribution in [3.05, 3.63) is 23.8 Å². The van der Waals surface area contributed by atoms with Gasteiger partial charge in [-0.05, 0) is 30.0 Å². The highest BCUT2D eigenvalue weighted by Gasteiger charge is 2.31. The number of hydrogen-bond donors (Lipinski definition) is 1. The van der Waals surface area contributed by atoms with Gasteiger partial charge >= 0.3 is 0 Å². The molecule has 0 spiro atoms. The normalized spacial score (nSPS) is 18.3. The van der Waals surface area contributed by atoms with Crippen LogP contribution in [0.2, 0.25) is 0 Å².